The molecule has 2 aromatic carbocycles. The summed E-state index contributed by atoms with van der Waals surface area (Å²) in [6.45, 7) is 0. The second-order valence-corrected chi connectivity index (χ2v) is 7.38. The minimum atomic E-state index is -3.40. The Morgan fingerprint density at radius 1 is 1.17 bits per heavy atom. The minimum absolute atomic E-state index is 0.0691. The van der Waals surface area contributed by atoms with Gasteiger partial charge in [0.2, 0.25) is 0 Å². The van der Waals surface area contributed by atoms with Gasteiger partial charge in [-0.1, -0.05) is 6.07 Å². The van der Waals surface area contributed by atoms with E-state index in [1.165, 1.54) is 34.9 Å². The summed E-state index contributed by atoms with van der Waals surface area (Å²) in [5.74, 6) is -0.951. The molecule has 0 unspecified atom stereocenters. The van der Waals surface area contributed by atoms with Crippen LogP contribution in [0.5, 0.6) is 0 Å². The van der Waals surface area contributed by atoms with Gasteiger partial charge in [0.25, 0.3) is 5.91 Å². The van der Waals surface area contributed by atoms with E-state index in [9.17, 15) is 18.0 Å². The van der Waals surface area contributed by atoms with Crippen molar-refractivity contribution in [3.63, 3.8) is 0 Å². The third kappa shape index (κ3) is 2.95. The summed E-state index contributed by atoms with van der Waals surface area (Å²) in [6, 6.07) is 10.6. The number of oxazole rings is 1. The Balaban J connectivity index is 1.91. The van der Waals surface area contributed by atoms with Crippen LogP contribution in [0.2, 0.25) is 0 Å². The van der Waals surface area contributed by atoms with Crippen molar-refractivity contribution in [3.8, 4) is 0 Å². The summed E-state index contributed by atoms with van der Waals surface area (Å²) < 4.78 is 29.6. The number of carbonyl (C=O) groups excluding carboxylic acids is 1. The number of carbonyl (C=O) groups is 1. The molecule has 0 saturated carbocycles. The molecule has 1 heterocycles. The number of fused-ring (bicyclic) bond motifs is 1. The predicted octanol–water partition coefficient (Wildman–Crippen LogP) is 1.79. The van der Waals surface area contributed by atoms with Gasteiger partial charge in [-0.3, -0.25) is 9.36 Å². The third-order valence-electron chi connectivity index (χ3n) is 3.57. The first-order valence-electron chi connectivity index (χ1n) is 6.97. The maximum atomic E-state index is 12.3. The van der Waals surface area contributed by atoms with Crippen LogP contribution in [-0.4, -0.2) is 25.1 Å². The zero-order valence-electron chi connectivity index (χ0n) is 12.9. The fourth-order valence-electron chi connectivity index (χ4n) is 2.28. The van der Waals surface area contributed by atoms with Crippen LogP contribution in [0.1, 0.15) is 10.4 Å². The lowest BCUT2D eigenvalue weighted by atomic mass is 10.2. The van der Waals surface area contributed by atoms with E-state index in [0.717, 1.165) is 6.26 Å². The van der Waals surface area contributed by atoms with E-state index in [2.05, 4.69) is 5.32 Å². The molecule has 0 atom stereocenters. The quantitative estimate of drug-likeness (QED) is 0.779. The van der Waals surface area contributed by atoms with Gasteiger partial charge in [-0.05, 0) is 30.3 Å². The molecule has 124 valence electrons. The van der Waals surface area contributed by atoms with Gasteiger partial charge in [0.15, 0.2) is 15.4 Å². The third-order valence-corrected chi connectivity index (χ3v) is 4.68. The largest absolute Gasteiger partial charge is 0.419 e. The molecule has 1 aromatic heterocycles. The number of aromatic nitrogens is 1. The van der Waals surface area contributed by atoms with Crippen LogP contribution in [-0.2, 0) is 16.9 Å². The maximum Gasteiger partial charge on any atom is 0.419 e. The normalized spacial score (nSPS) is 11.6. The van der Waals surface area contributed by atoms with Crippen molar-refractivity contribution in [1.29, 1.82) is 0 Å². The van der Waals surface area contributed by atoms with Crippen LogP contribution in [0.4, 0.5) is 5.69 Å². The van der Waals surface area contributed by atoms with Crippen molar-refractivity contribution in [2.24, 2.45) is 7.05 Å². The van der Waals surface area contributed by atoms with Gasteiger partial charge in [0, 0.05) is 30.6 Å². The van der Waals surface area contributed by atoms with Crippen LogP contribution in [0.3, 0.4) is 0 Å². The first-order chi connectivity index (χ1) is 11.3. The summed E-state index contributed by atoms with van der Waals surface area (Å²) in [4.78, 5) is 23.8. The van der Waals surface area contributed by atoms with E-state index in [0.29, 0.717) is 16.8 Å². The SMILES string of the molecule is Cn1c(=O)oc2cc(NC(=O)c3cccc(S(C)(=O)=O)c3)ccc21. The van der Waals surface area contributed by atoms with Gasteiger partial charge >= 0.3 is 5.76 Å². The first-order valence-corrected chi connectivity index (χ1v) is 8.86. The molecule has 0 aliphatic rings. The van der Waals surface area contributed by atoms with Crippen molar-refractivity contribution in [2.75, 3.05) is 11.6 Å². The summed E-state index contributed by atoms with van der Waals surface area (Å²) in [5, 5.41) is 2.65. The number of hydrogen-bond donors (Lipinski definition) is 1. The summed E-state index contributed by atoms with van der Waals surface area (Å²) >= 11 is 0. The monoisotopic (exact) mass is 346 g/mol. The maximum absolute atomic E-state index is 12.3. The number of rotatable bonds is 3. The Bertz CT molecular complexity index is 1110. The molecule has 0 radical (unpaired) electrons. The fraction of sp³-hybridized carbons (Fsp3) is 0.125. The van der Waals surface area contributed by atoms with E-state index in [-0.39, 0.29) is 10.5 Å². The Labute approximate surface area is 137 Å². The highest BCUT2D eigenvalue weighted by Gasteiger charge is 2.13. The number of amides is 1. The lowest BCUT2D eigenvalue weighted by Crippen LogP contribution is -2.12. The van der Waals surface area contributed by atoms with Crippen molar-refractivity contribution in [2.45, 2.75) is 4.90 Å². The molecule has 0 saturated heterocycles. The van der Waals surface area contributed by atoms with Crippen LogP contribution in [0.25, 0.3) is 11.1 Å². The van der Waals surface area contributed by atoms with Gasteiger partial charge in [-0.2, -0.15) is 0 Å². The van der Waals surface area contributed by atoms with Crippen LogP contribution >= 0.6 is 0 Å². The first kappa shape index (κ1) is 16.0. The van der Waals surface area contributed by atoms with E-state index < -0.39 is 21.5 Å². The molecule has 0 fully saturated rings. The highest BCUT2D eigenvalue weighted by Crippen LogP contribution is 2.19. The van der Waals surface area contributed by atoms with Crippen molar-refractivity contribution in [3.05, 3.63) is 58.6 Å². The molecular weight excluding hydrogens is 332 g/mol. The summed E-state index contributed by atoms with van der Waals surface area (Å²) in [6.07, 6.45) is 1.08. The minimum Gasteiger partial charge on any atom is -0.408 e. The van der Waals surface area contributed by atoms with E-state index in [4.69, 9.17) is 4.42 Å². The molecule has 3 rings (SSSR count). The smallest absolute Gasteiger partial charge is 0.408 e. The second-order valence-electron chi connectivity index (χ2n) is 5.36. The number of aryl methyl sites for hydroxylation is 1. The summed E-state index contributed by atoms with van der Waals surface area (Å²) in [5.41, 5.74) is 1.61. The molecule has 0 bridgehead atoms. The number of nitrogens with one attached hydrogen (secondary N) is 1. The Morgan fingerprint density at radius 2 is 1.92 bits per heavy atom. The second kappa shape index (κ2) is 5.64. The van der Waals surface area contributed by atoms with Crippen LogP contribution in [0.15, 0.2) is 56.6 Å². The molecule has 7 nitrogen and oxygen atoms in total. The van der Waals surface area contributed by atoms with E-state index in [1.54, 1.807) is 19.2 Å². The van der Waals surface area contributed by atoms with Crippen LogP contribution in [0, 0.1) is 0 Å². The van der Waals surface area contributed by atoms with Gasteiger partial charge in [-0.15, -0.1) is 0 Å². The van der Waals surface area contributed by atoms with Crippen molar-refractivity contribution >= 4 is 32.5 Å². The topological polar surface area (TPSA) is 98.4 Å². The Hall–Kier alpha value is -2.87. The molecule has 3 aromatic rings. The molecule has 24 heavy (non-hydrogen) atoms. The Kier molecular flexibility index (Phi) is 3.76. The molecule has 0 aliphatic heterocycles. The lowest BCUT2D eigenvalue weighted by molar-refractivity contribution is 0.102. The van der Waals surface area contributed by atoms with Gasteiger partial charge < -0.3 is 9.73 Å². The number of sulfone groups is 1. The highest BCUT2D eigenvalue weighted by atomic mass is 32.2. The zero-order chi connectivity index (χ0) is 17.5. The lowest BCUT2D eigenvalue weighted by Gasteiger charge is -2.06. The summed E-state index contributed by atoms with van der Waals surface area (Å²) in [7, 11) is -1.81. The number of benzene rings is 2. The van der Waals surface area contributed by atoms with Gasteiger partial charge in [0.1, 0.15) is 0 Å². The standard InChI is InChI=1S/C16H14N2O5S/c1-18-13-7-6-11(9-14(13)23-16(18)20)17-15(19)10-4-3-5-12(8-10)24(2,21)22/h3-9H,1-2H3,(H,17,19). The Morgan fingerprint density at radius 3 is 2.62 bits per heavy atom. The highest BCUT2D eigenvalue weighted by molar-refractivity contribution is 7.90. The van der Waals surface area contributed by atoms with E-state index >= 15 is 0 Å². The van der Waals surface area contributed by atoms with Gasteiger partial charge in [0.05, 0.1) is 10.4 Å². The average Bonchev–Trinajstić information content (AvgIpc) is 2.81. The predicted molar refractivity (Wildman–Crippen MR) is 89.0 cm³/mol. The van der Waals surface area contributed by atoms with Crippen molar-refractivity contribution in [1.82, 2.24) is 4.57 Å². The van der Waals surface area contributed by atoms with Gasteiger partial charge in [-0.25, -0.2) is 13.2 Å². The molecule has 8 heteroatoms. The molecular formula is C16H14N2O5S. The molecule has 0 spiro atoms. The number of anilines is 1. The molecule has 0 aliphatic carbocycles. The average molecular weight is 346 g/mol. The van der Waals surface area contributed by atoms with Crippen LogP contribution < -0.4 is 11.1 Å². The number of nitrogens with zero attached hydrogens (tertiary/aromatic N) is 1. The van der Waals surface area contributed by atoms with Crippen molar-refractivity contribution < 1.29 is 17.6 Å². The van der Waals surface area contributed by atoms with E-state index in [1.807, 2.05) is 0 Å². The molecule has 1 amide bonds. The zero-order valence-corrected chi connectivity index (χ0v) is 13.8. The molecule has 1 N–H and O–H groups in total. The fourth-order valence-corrected chi connectivity index (χ4v) is 2.95. The number of hydrogen-bond acceptors (Lipinski definition) is 5.